The Bertz CT molecular complexity index is 557. The molecule has 2 rings (SSSR count). The number of nitrogens with one attached hydrogen (secondary N) is 1. The lowest BCUT2D eigenvalue weighted by molar-refractivity contribution is 0.0962. The molecule has 4 heteroatoms. The Labute approximate surface area is 146 Å². The third kappa shape index (κ3) is 8.32. The van der Waals surface area contributed by atoms with Crippen molar-refractivity contribution in [1.29, 1.82) is 0 Å². The Kier molecular flexibility index (Phi) is 12.8. The lowest BCUT2D eigenvalue weighted by Gasteiger charge is -2.07. The average molecular weight is 330 g/mol. The van der Waals surface area contributed by atoms with Crippen molar-refractivity contribution in [3.63, 3.8) is 0 Å². The van der Waals surface area contributed by atoms with Crippen molar-refractivity contribution in [3.8, 4) is 5.75 Å². The molecule has 0 fully saturated rings. The molecule has 1 amide bonds. The molecule has 0 aliphatic carbocycles. The molecule has 132 valence electrons. The Morgan fingerprint density at radius 3 is 2.46 bits per heavy atom. The van der Waals surface area contributed by atoms with Crippen LogP contribution in [0.25, 0.3) is 0 Å². The highest BCUT2D eigenvalue weighted by Gasteiger charge is 2.04. The van der Waals surface area contributed by atoms with Gasteiger partial charge in [-0.3, -0.25) is 9.78 Å². The monoisotopic (exact) mass is 330 g/mol. The summed E-state index contributed by atoms with van der Waals surface area (Å²) in [7, 11) is 1.61. The summed E-state index contributed by atoms with van der Waals surface area (Å²) in [6, 6.07) is 13.1. The number of benzene rings is 1. The van der Waals surface area contributed by atoms with Gasteiger partial charge in [-0.25, -0.2) is 0 Å². The summed E-state index contributed by atoms with van der Waals surface area (Å²) in [6.45, 7) is 8.60. The second-order valence-corrected chi connectivity index (χ2v) is 4.38. The second-order valence-electron chi connectivity index (χ2n) is 4.38. The second kappa shape index (κ2) is 14.2. The molecule has 0 unspecified atom stereocenters. The number of hydrogen-bond donors (Lipinski definition) is 1. The van der Waals surface area contributed by atoms with E-state index in [1.54, 1.807) is 25.4 Å². The Morgan fingerprint density at radius 2 is 1.83 bits per heavy atom. The van der Waals surface area contributed by atoms with E-state index in [4.69, 9.17) is 4.74 Å². The van der Waals surface area contributed by atoms with Gasteiger partial charge in [0.15, 0.2) is 0 Å². The van der Waals surface area contributed by atoms with Gasteiger partial charge in [-0.1, -0.05) is 39.8 Å². The summed E-state index contributed by atoms with van der Waals surface area (Å²) >= 11 is 0. The number of rotatable bonds is 6. The maximum atomic E-state index is 11.5. The standard InChI is InChI=1S/C16H18N2O2.2C2H6/c1-17-16(19)13-6-4-9-15(12-13)20-11-5-8-14-7-2-3-10-18-14;2*1-2/h2-4,6-7,9-10,12H,5,8,11H2,1H3,(H,17,19);2*1-2H3. The largest absolute Gasteiger partial charge is 0.494 e. The topological polar surface area (TPSA) is 51.2 Å². The number of pyridine rings is 1. The molecule has 0 radical (unpaired) electrons. The van der Waals surface area contributed by atoms with Gasteiger partial charge in [0.2, 0.25) is 0 Å². The van der Waals surface area contributed by atoms with Crippen molar-refractivity contribution in [2.45, 2.75) is 40.5 Å². The fourth-order valence-electron chi connectivity index (χ4n) is 1.86. The summed E-state index contributed by atoms with van der Waals surface area (Å²) in [5, 5.41) is 2.59. The van der Waals surface area contributed by atoms with Crippen molar-refractivity contribution >= 4 is 5.91 Å². The average Bonchev–Trinajstić information content (AvgIpc) is 2.69. The molecule has 0 spiro atoms. The first-order valence-electron chi connectivity index (χ1n) is 8.64. The molecule has 1 aromatic carbocycles. The summed E-state index contributed by atoms with van der Waals surface area (Å²) in [6.07, 6.45) is 3.57. The van der Waals surface area contributed by atoms with Crippen molar-refractivity contribution in [3.05, 3.63) is 59.9 Å². The Morgan fingerprint density at radius 1 is 1.08 bits per heavy atom. The quantitative estimate of drug-likeness (QED) is 0.793. The first kappa shape index (κ1) is 21.6. The molecule has 0 saturated carbocycles. The number of amides is 1. The van der Waals surface area contributed by atoms with Gasteiger partial charge < -0.3 is 10.1 Å². The van der Waals surface area contributed by atoms with Crippen LogP contribution in [0.5, 0.6) is 5.75 Å². The van der Waals surface area contributed by atoms with Gasteiger partial charge in [-0.15, -0.1) is 0 Å². The van der Waals surface area contributed by atoms with E-state index >= 15 is 0 Å². The van der Waals surface area contributed by atoms with Crippen LogP contribution in [0.3, 0.4) is 0 Å². The smallest absolute Gasteiger partial charge is 0.251 e. The van der Waals surface area contributed by atoms with E-state index in [1.165, 1.54) is 0 Å². The SMILES string of the molecule is CC.CC.CNC(=O)c1cccc(OCCCc2ccccn2)c1. The van der Waals surface area contributed by atoms with E-state index in [0.29, 0.717) is 17.9 Å². The van der Waals surface area contributed by atoms with Gasteiger partial charge in [-0.2, -0.15) is 0 Å². The van der Waals surface area contributed by atoms with Gasteiger partial charge >= 0.3 is 0 Å². The van der Waals surface area contributed by atoms with E-state index in [9.17, 15) is 4.79 Å². The van der Waals surface area contributed by atoms with E-state index in [-0.39, 0.29) is 5.91 Å². The number of ether oxygens (including phenoxy) is 1. The summed E-state index contributed by atoms with van der Waals surface area (Å²) in [5.41, 5.74) is 1.67. The normalized spacial score (nSPS) is 8.88. The number of hydrogen-bond acceptors (Lipinski definition) is 3. The molecule has 24 heavy (non-hydrogen) atoms. The molecule has 0 bridgehead atoms. The number of carbonyl (C=O) groups excluding carboxylic acids is 1. The van der Waals surface area contributed by atoms with Crippen LogP contribution in [0.15, 0.2) is 48.7 Å². The van der Waals surface area contributed by atoms with Gasteiger partial charge in [-0.05, 0) is 43.2 Å². The highest BCUT2D eigenvalue weighted by atomic mass is 16.5. The lowest BCUT2D eigenvalue weighted by atomic mass is 10.2. The fourth-order valence-corrected chi connectivity index (χ4v) is 1.86. The molecule has 1 heterocycles. The molecule has 1 N–H and O–H groups in total. The van der Waals surface area contributed by atoms with Crippen LogP contribution in [-0.4, -0.2) is 24.5 Å². The Balaban J connectivity index is 0.00000123. The van der Waals surface area contributed by atoms with Crippen molar-refractivity contribution in [2.75, 3.05) is 13.7 Å². The van der Waals surface area contributed by atoms with E-state index in [2.05, 4.69) is 10.3 Å². The molecular formula is C20H30N2O2. The highest BCUT2D eigenvalue weighted by molar-refractivity contribution is 5.94. The fraction of sp³-hybridized carbons (Fsp3) is 0.400. The van der Waals surface area contributed by atoms with Crippen LogP contribution in [0.4, 0.5) is 0 Å². The van der Waals surface area contributed by atoms with Crippen molar-refractivity contribution < 1.29 is 9.53 Å². The van der Waals surface area contributed by atoms with E-state index in [0.717, 1.165) is 18.5 Å². The van der Waals surface area contributed by atoms with Gasteiger partial charge in [0.05, 0.1) is 6.61 Å². The third-order valence-electron chi connectivity index (χ3n) is 2.90. The zero-order chi connectivity index (χ0) is 18.2. The molecule has 0 aliphatic rings. The number of nitrogens with zero attached hydrogens (tertiary/aromatic N) is 1. The van der Waals surface area contributed by atoms with Crippen molar-refractivity contribution in [1.82, 2.24) is 10.3 Å². The van der Waals surface area contributed by atoms with Crippen molar-refractivity contribution in [2.24, 2.45) is 0 Å². The van der Waals surface area contributed by atoms with Gasteiger partial charge in [0.1, 0.15) is 5.75 Å². The number of carbonyl (C=O) groups is 1. The lowest BCUT2D eigenvalue weighted by Crippen LogP contribution is -2.17. The van der Waals surface area contributed by atoms with Crippen LogP contribution in [0.1, 0.15) is 50.2 Å². The Hall–Kier alpha value is -2.36. The van der Waals surface area contributed by atoms with Crippen LogP contribution in [-0.2, 0) is 6.42 Å². The maximum absolute atomic E-state index is 11.5. The van der Waals surface area contributed by atoms with E-state index < -0.39 is 0 Å². The zero-order valence-corrected chi connectivity index (χ0v) is 15.5. The first-order chi connectivity index (χ1) is 11.8. The summed E-state index contributed by atoms with van der Waals surface area (Å²) in [4.78, 5) is 15.8. The molecule has 4 nitrogen and oxygen atoms in total. The van der Waals surface area contributed by atoms with Crippen LogP contribution >= 0.6 is 0 Å². The predicted molar refractivity (Wildman–Crippen MR) is 101 cm³/mol. The van der Waals surface area contributed by atoms with Crippen LogP contribution in [0.2, 0.25) is 0 Å². The number of aromatic nitrogens is 1. The molecule has 0 aliphatic heterocycles. The minimum absolute atomic E-state index is 0.107. The number of aryl methyl sites for hydroxylation is 1. The zero-order valence-electron chi connectivity index (χ0n) is 15.5. The molecule has 0 saturated heterocycles. The molecular weight excluding hydrogens is 300 g/mol. The summed E-state index contributed by atoms with van der Waals surface area (Å²) < 4.78 is 5.66. The van der Waals surface area contributed by atoms with Gasteiger partial charge in [0, 0.05) is 24.5 Å². The minimum Gasteiger partial charge on any atom is -0.494 e. The summed E-state index contributed by atoms with van der Waals surface area (Å²) in [5.74, 6) is 0.607. The van der Waals surface area contributed by atoms with E-state index in [1.807, 2.05) is 58.0 Å². The molecule has 2 aromatic rings. The molecule has 1 aromatic heterocycles. The van der Waals surface area contributed by atoms with Crippen LogP contribution < -0.4 is 10.1 Å². The molecule has 0 atom stereocenters. The third-order valence-corrected chi connectivity index (χ3v) is 2.90. The highest BCUT2D eigenvalue weighted by Crippen LogP contribution is 2.13. The van der Waals surface area contributed by atoms with Crippen LogP contribution in [0, 0.1) is 0 Å². The predicted octanol–water partition coefficient (Wildman–Crippen LogP) is 4.51. The van der Waals surface area contributed by atoms with Gasteiger partial charge in [0.25, 0.3) is 5.91 Å². The first-order valence-corrected chi connectivity index (χ1v) is 8.64. The maximum Gasteiger partial charge on any atom is 0.251 e. The minimum atomic E-state index is -0.107.